The highest BCUT2D eigenvalue weighted by Gasteiger charge is 2.45. The fourth-order valence-corrected chi connectivity index (χ4v) is 6.43. The monoisotopic (exact) mass is 363 g/mol. The molecule has 2 heterocycles. The standard InChI is InChI=1S/C19H25NO4S/c21-18(15-5-7-17(8-6-15)24-16-3-1-4-16)20-11-2-9-19(13-20)10-12-25(22,23)14-19/h5-8,16H,1-4,9-14H2. The van der Waals surface area contributed by atoms with Crippen LogP contribution in [0.15, 0.2) is 24.3 Å². The van der Waals surface area contributed by atoms with E-state index in [4.69, 9.17) is 4.74 Å². The van der Waals surface area contributed by atoms with Crippen LogP contribution in [0.1, 0.15) is 48.9 Å². The van der Waals surface area contributed by atoms with Gasteiger partial charge in [-0.1, -0.05) is 0 Å². The fraction of sp³-hybridized carbons (Fsp3) is 0.632. The van der Waals surface area contributed by atoms with Crippen molar-refractivity contribution >= 4 is 15.7 Å². The first-order valence-electron chi connectivity index (χ1n) is 9.21. The Hall–Kier alpha value is -1.56. The van der Waals surface area contributed by atoms with Gasteiger partial charge in [0, 0.05) is 24.1 Å². The number of hydrogen-bond acceptors (Lipinski definition) is 4. The molecule has 3 aliphatic rings. The highest BCUT2D eigenvalue weighted by atomic mass is 32.2. The molecule has 0 radical (unpaired) electrons. The zero-order valence-corrected chi connectivity index (χ0v) is 15.3. The predicted octanol–water partition coefficient (Wildman–Crippen LogP) is 2.66. The molecule has 2 saturated heterocycles. The molecule has 25 heavy (non-hydrogen) atoms. The van der Waals surface area contributed by atoms with Crippen molar-refractivity contribution in [1.82, 2.24) is 4.90 Å². The minimum Gasteiger partial charge on any atom is -0.490 e. The largest absolute Gasteiger partial charge is 0.490 e. The molecule has 1 aliphatic carbocycles. The number of piperidine rings is 1. The fourth-order valence-electron chi connectivity index (χ4n) is 4.23. The van der Waals surface area contributed by atoms with Crippen molar-refractivity contribution < 1.29 is 17.9 Å². The number of nitrogens with zero attached hydrogens (tertiary/aromatic N) is 1. The van der Waals surface area contributed by atoms with E-state index in [2.05, 4.69) is 0 Å². The second kappa shape index (κ2) is 6.31. The number of carbonyl (C=O) groups is 1. The zero-order chi connectivity index (χ0) is 17.5. The van der Waals surface area contributed by atoms with Crippen LogP contribution in [0, 0.1) is 5.41 Å². The molecule has 0 aromatic heterocycles. The minimum absolute atomic E-state index is 0.00133. The van der Waals surface area contributed by atoms with Crippen LogP contribution in [0.4, 0.5) is 0 Å². The summed E-state index contributed by atoms with van der Waals surface area (Å²) in [5.41, 5.74) is 0.430. The van der Waals surface area contributed by atoms with Crippen molar-refractivity contribution in [3.05, 3.63) is 29.8 Å². The van der Waals surface area contributed by atoms with Gasteiger partial charge in [0.1, 0.15) is 5.75 Å². The maximum absolute atomic E-state index is 12.8. The number of amides is 1. The summed E-state index contributed by atoms with van der Waals surface area (Å²) in [5.74, 6) is 1.32. The van der Waals surface area contributed by atoms with Crippen LogP contribution in [0.5, 0.6) is 5.75 Å². The molecule has 5 nitrogen and oxygen atoms in total. The molecule has 1 amide bonds. The van der Waals surface area contributed by atoms with E-state index in [1.165, 1.54) is 6.42 Å². The van der Waals surface area contributed by atoms with Gasteiger partial charge in [0.2, 0.25) is 0 Å². The second-order valence-electron chi connectivity index (χ2n) is 7.87. The van der Waals surface area contributed by atoms with Gasteiger partial charge in [-0.15, -0.1) is 0 Å². The summed E-state index contributed by atoms with van der Waals surface area (Å²) < 4.78 is 29.6. The van der Waals surface area contributed by atoms with Crippen molar-refractivity contribution in [2.24, 2.45) is 5.41 Å². The summed E-state index contributed by atoms with van der Waals surface area (Å²) in [5, 5.41) is 0. The molecule has 1 aromatic rings. The van der Waals surface area contributed by atoms with Crippen molar-refractivity contribution in [3.63, 3.8) is 0 Å². The Kier molecular flexibility index (Phi) is 4.26. The third-order valence-corrected chi connectivity index (χ3v) is 7.75. The van der Waals surface area contributed by atoms with Gasteiger partial charge < -0.3 is 9.64 Å². The van der Waals surface area contributed by atoms with Gasteiger partial charge in [-0.3, -0.25) is 4.79 Å². The third-order valence-electron chi connectivity index (χ3n) is 5.87. The summed E-state index contributed by atoms with van der Waals surface area (Å²) >= 11 is 0. The van der Waals surface area contributed by atoms with Crippen molar-refractivity contribution in [1.29, 1.82) is 0 Å². The molecule has 1 unspecified atom stereocenters. The number of hydrogen-bond donors (Lipinski definition) is 0. The molecule has 0 N–H and O–H groups in total. The van der Waals surface area contributed by atoms with E-state index in [0.717, 1.165) is 31.4 Å². The predicted molar refractivity (Wildman–Crippen MR) is 95.6 cm³/mol. The summed E-state index contributed by atoms with van der Waals surface area (Å²) in [7, 11) is -2.94. The molecule has 1 saturated carbocycles. The van der Waals surface area contributed by atoms with Gasteiger partial charge in [-0.2, -0.15) is 0 Å². The molecular weight excluding hydrogens is 338 g/mol. The maximum atomic E-state index is 12.8. The molecule has 1 atom stereocenters. The Morgan fingerprint density at radius 3 is 2.48 bits per heavy atom. The van der Waals surface area contributed by atoms with Crippen molar-refractivity contribution in [2.75, 3.05) is 24.6 Å². The number of sulfone groups is 1. The Morgan fingerprint density at radius 1 is 1.12 bits per heavy atom. The van der Waals surface area contributed by atoms with E-state index in [9.17, 15) is 13.2 Å². The smallest absolute Gasteiger partial charge is 0.253 e. The zero-order valence-electron chi connectivity index (χ0n) is 14.4. The van der Waals surface area contributed by atoms with Crippen LogP contribution in [-0.2, 0) is 9.84 Å². The molecule has 1 spiro atoms. The first-order valence-corrected chi connectivity index (χ1v) is 11.0. The molecule has 4 rings (SSSR count). The molecular formula is C19H25NO4S. The lowest BCUT2D eigenvalue weighted by molar-refractivity contribution is 0.0564. The molecule has 3 fully saturated rings. The topological polar surface area (TPSA) is 63.7 Å². The first kappa shape index (κ1) is 16.9. The maximum Gasteiger partial charge on any atom is 0.253 e. The SMILES string of the molecule is O=C(c1ccc(OC2CCC2)cc1)N1CCCC2(CCS(=O)(=O)C2)C1. The second-order valence-corrected chi connectivity index (χ2v) is 10.1. The summed E-state index contributed by atoms with van der Waals surface area (Å²) in [6, 6.07) is 7.38. The Morgan fingerprint density at radius 2 is 1.88 bits per heavy atom. The van der Waals surface area contributed by atoms with Gasteiger partial charge in [-0.05, 0) is 62.8 Å². The Balaban J connectivity index is 1.43. The number of benzene rings is 1. The average molecular weight is 363 g/mol. The normalized spacial score (nSPS) is 28.7. The number of rotatable bonds is 3. The first-order chi connectivity index (χ1) is 11.9. The third kappa shape index (κ3) is 3.54. The lowest BCUT2D eigenvalue weighted by Crippen LogP contribution is -2.46. The summed E-state index contributed by atoms with van der Waals surface area (Å²) in [6.45, 7) is 1.27. The summed E-state index contributed by atoms with van der Waals surface area (Å²) in [6.07, 6.45) is 6.25. The van der Waals surface area contributed by atoms with Gasteiger partial charge in [0.05, 0.1) is 17.6 Å². The lowest BCUT2D eigenvalue weighted by Gasteiger charge is -2.39. The van der Waals surface area contributed by atoms with Crippen molar-refractivity contribution in [3.8, 4) is 5.75 Å². The Bertz CT molecular complexity index is 754. The van der Waals surface area contributed by atoms with Gasteiger partial charge in [0.25, 0.3) is 5.91 Å². The number of likely N-dealkylation sites (tertiary alicyclic amines) is 1. The lowest BCUT2D eigenvalue weighted by atomic mass is 9.79. The molecule has 1 aromatic carbocycles. The van der Waals surface area contributed by atoms with Crippen LogP contribution < -0.4 is 4.74 Å². The van der Waals surface area contributed by atoms with E-state index in [1.54, 1.807) is 0 Å². The van der Waals surface area contributed by atoms with E-state index < -0.39 is 9.84 Å². The van der Waals surface area contributed by atoms with Crippen LogP contribution in [-0.4, -0.2) is 49.9 Å². The van der Waals surface area contributed by atoms with Gasteiger partial charge >= 0.3 is 0 Å². The highest BCUT2D eigenvalue weighted by molar-refractivity contribution is 7.91. The van der Waals surface area contributed by atoms with Gasteiger partial charge in [0.15, 0.2) is 9.84 Å². The number of carbonyl (C=O) groups excluding carboxylic acids is 1. The highest BCUT2D eigenvalue weighted by Crippen LogP contribution is 2.40. The van der Waals surface area contributed by atoms with E-state index in [0.29, 0.717) is 31.2 Å². The minimum atomic E-state index is -2.94. The van der Waals surface area contributed by atoms with Crippen LogP contribution in [0.2, 0.25) is 0 Å². The quantitative estimate of drug-likeness (QED) is 0.828. The average Bonchev–Trinajstić information content (AvgIpc) is 2.85. The molecule has 6 heteroatoms. The van der Waals surface area contributed by atoms with Crippen LogP contribution >= 0.6 is 0 Å². The van der Waals surface area contributed by atoms with Crippen LogP contribution in [0.3, 0.4) is 0 Å². The van der Waals surface area contributed by atoms with E-state index >= 15 is 0 Å². The summed E-state index contributed by atoms with van der Waals surface area (Å²) in [4.78, 5) is 14.7. The van der Waals surface area contributed by atoms with Crippen LogP contribution in [0.25, 0.3) is 0 Å². The van der Waals surface area contributed by atoms with Gasteiger partial charge in [-0.25, -0.2) is 8.42 Å². The number of ether oxygens (including phenoxy) is 1. The van der Waals surface area contributed by atoms with E-state index in [1.807, 2.05) is 29.2 Å². The molecule has 2 aliphatic heterocycles. The molecule has 0 bridgehead atoms. The van der Waals surface area contributed by atoms with Crippen molar-refractivity contribution in [2.45, 2.75) is 44.6 Å². The van der Waals surface area contributed by atoms with E-state index in [-0.39, 0.29) is 22.8 Å². The molecule has 136 valence electrons. The Labute approximate surface area is 149 Å².